The summed E-state index contributed by atoms with van der Waals surface area (Å²) in [4.78, 5) is 4.60. The minimum Gasteiger partial charge on any atom is -0.335 e. The zero-order chi connectivity index (χ0) is 12.7. The highest BCUT2D eigenvalue weighted by atomic mass is 15.1. The Kier molecular flexibility index (Phi) is 6.27. The van der Waals surface area contributed by atoms with Gasteiger partial charge >= 0.3 is 0 Å². The van der Waals surface area contributed by atoms with Crippen molar-refractivity contribution in [2.75, 3.05) is 7.05 Å². The van der Waals surface area contributed by atoms with Gasteiger partial charge in [-0.25, -0.2) is 4.98 Å². The van der Waals surface area contributed by atoms with Crippen LogP contribution < -0.4 is 5.32 Å². The quantitative estimate of drug-likeness (QED) is 0.702. The average Bonchev–Trinajstić information content (AvgIpc) is 2.70. The molecular formula is C14H27N3. The van der Waals surface area contributed by atoms with Crippen LogP contribution >= 0.6 is 0 Å². The molecule has 0 spiro atoms. The Morgan fingerprint density at radius 2 is 2.00 bits per heavy atom. The lowest BCUT2D eigenvalue weighted by molar-refractivity contribution is 0.560. The molecule has 1 unspecified atom stereocenters. The molecule has 0 aliphatic carbocycles. The van der Waals surface area contributed by atoms with Crippen LogP contribution in [0.1, 0.15) is 63.5 Å². The maximum absolute atomic E-state index is 4.60. The van der Waals surface area contributed by atoms with Gasteiger partial charge in [-0.05, 0) is 27.3 Å². The van der Waals surface area contributed by atoms with E-state index in [0.29, 0.717) is 6.04 Å². The molecule has 3 heteroatoms. The van der Waals surface area contributed by atoms with E-state index in [1.165, 1.54) is 32.1 Å². The summed E-state index contributed by atoms with van der Waals surface area (Å²) < 4.78 is 2.29. The maximum Gasteiger partial charge on any atom is 0.105 e. The van der Waals surface area contributed by atoms with Crippen molar-refractivity contribution in [1.82, 2.24) is 14.9 Å². The van der Waals surface area contributed by atoms with Crippen LogP contribution in [0.4, 0.5) is 0 Å². The molecule has 0 fully saturated rings. The van der Waals surface area contributed by atoms with Gasteiger partial charge in [-0.3, -0.25) is 0 Å². The van der Waals surface area contributed by atoms with Crippen LogP contribution in [0.2, 0.25) is 0 Å². The van der Waals surface area contributed by atoms with Crippen molar-refractivity contribution >= 4 is 0 Å². The summed E-state index contributed by atoms with van der Waals surface area (Å²) in [6.07, 6.45) is 8.84. The maximum atomic E-state index is 4.60. The van der Waals surface area contributed by atoms with E-state index in [1.807, 2.05) is 7.05 Å². The second-order valence-electron chi connectivity index (χ2n) is 4.83. The molecular weight excluding hydrogens is 210 g/mol. The first-order valence-corrected chi connectivity index (χ1v) is 6.90. The molecule has 98 valence electrons. The number of unbranched alkanes of at least 4 members (excludes halogenated alkanes) is 4. The average molecular weight is 237 g/mol. The summed E-state index contributed by atoms with van der Waals surface area (Å²) in [6.45, 7) is 7.61. The lowest BCUT2D eigenvalue weighted by Crippen LogP contribution is -2.12. The minimum absolute atomic E-state index is 0.343. The smallest absolute Gasteiger partial charge is 0.105 e. The van der Waals surface area contributed by atoms with Gasteiger partial charge in [0.25, 0.3) is 0 Å². The normalized spacial score (nSPS) is 12.9. The van der Waals surface area contributed by atoms with Gasteiger partial charge in [-0.2, -0.15) is 0 Å². The zero-order valence-electron chi connectivity index (χ0n) is 11.8. The van der Waals surface area contributed by atoms with Gasteiger partial charge in [0.2, 0.25) is 0 Å². The molecule has 1 atom stereocenters. The summed E-state index contributed by atoms with van der Waals surface area (Å²) >= 11 is 0. The van der Waals surface area contributed by atoms with Gasteiger partial charge in [0.1, 0.15) is 5.82 Å². The third-order valence-electron chi connectivity index (χ3n) is 3.37. The van der Waals surface area contributed by atoms with Crippen LogP contribution in [0, 0.1) is 6.92 Å². The Labute approximate surface area is 106 Å². The molecule has 1 rings (SSSR count). The molecule has 0 aliphatic rings. The predicted octanol–water partition coefficient (Wildman–Crippen LogP) is 3.44. The zero-order valence-corrected chi connectivity index (χ0v) is 11.8. The van der Waals surface area contributed by atoms with Crippen molar-refractivity contribution in [2.45, 2.75) is 65.5 Å². The summed E-state index contributed by atoms with van der Waals surface area (Å²) in [5.74, 6) is 1.14. The lowest BCUT2D eigenvalue weighted by atomic mass is 10.1. The highest BCUT2D eigenvalue weighted by Crippen LogP contribution is 2.13. The number of nitrogens with zero attached hydrogens (tertiary/aromatic N) is 2. The number of hydrogen-bond donors (Lipinski definition) is 1. The van der Waals surface area contributed by atoms with E-state index in [9.17, 15) is 0 Å². The van der Waals surface area contributed by atoms with Crippen molar-refractivity contribution in [2.24, 2.45) is 0 Å². The number of aromatic nitrogens is 2. The highest BCUT2D eigenvalue weighted by molar-refractivity contribution is 5.07. The predicted molar refractivity (Wildman–Crippen MR) is 73.2 cm³/mol. The summed E-state index contributed by atoms with van der Waals surface area (Å²) in [6, 6.07) is 0.343. The van der Waals surface area contributed by atoms with E-state index < -0.39 is 0 Å². The van der Waals surface area contributed by atoms with Crippen LogP contribution in [0.25, 0.3) is 0 Å². The third kappa shape index (κ3) is 4.50. The Bertz CT molecular complexity index is 317. The summed E-state index contributed by atoms with van der Waals surface area (Å²) in [5, 5.41) is 3.23. The van der Waals surface area contributed by atoms with Gasteiger partial charge in [0, 0.05) is 18.8 Å². The van der Waals surface area contributed by atoms with E-state index in [0.717, 1.165) is 18.1 Å². The molecule has 17 heavy (non-hydrogen) atoms. The first kappa shape index (κ1) is 14.2. The lowest BCUT2D eigenvalue weighted by Gasteiger charge is -2.05. The van der Waals surface area contributed by atoms with Crippen molar-refractivity contribution in [3.8, 4) is 0 Å². The fourth-order valence-electron chi connectivity index (χ4n) is 2.00. The Balaban J connectivity index is 2.40. The monoisotopic (exact) mass is 237 g/mol. The van der Waals surface area contributed by atoms with E-state index in [4.69, 9.17) is 0 Å². The van der Waals surface area contributed by atoms with Crippen LogP contribution in [-0.2, 0) is 6.54 Å². The summed E-state index contributed by atoms with van der Waals surface area (Å²) in [5.41, 5.74) is 1.15. The standard InChI is InChI=1S/C14H27N3/c1-5-6-7-8-9-10-17-11-14(12(2)15-4)16-13(17)3/h11-12,15H,5-10H2,1-4H3. The topological polar surface area (TPSA) is 29.9 Å². The minimum atomic E-state index is 0.343. The van der Waals surface area contributed by atoms with Gasteiger partial charge in [-0.15, -0.1) is 0 Å². The van der Waals surface area contributed by atoms with Crippen molar-refractivity contribution < 1.29 is 0 Å². The summed E-state index contributed by atoms with van der Waals surface area (Å²) in [7, 11) is 1.98. The molecule has 1 aromatic heterocycles. The number of aryl methyl sites for hydroxylation is 2. The van der Waals surface area contributed by atoms with Crippen LogP contribution in [0.5, 0.6) is 0 Å². The van der Waals surface area contributed by atoms with Gasteiger partial charge in [0.05, 0.1) is 5.69 Å². The first-order valence-electron chi connectivity index (χ1n) is 6.90. The molecule has 1 aromatic rings. The first-order chi connectivity index (χ1) is 8.19. The third-order valence-corrected chi connectivity index (χ3v) is 3.37. The number of rotatable bonds is 8. The fourth-order valence-corrected chi connectivity index (χ4v) is 2.00. The number of imidazole rings is 1. The highest BCUT2D eigenvalue weighted by Gasteiger charge is 2.08. The SMILES string of the molecule is CCCCCCCn1cc(C(C)NC)nc1C. The largest absolute Gasteiger partial charge is 0.335 e. The van der Waals surface area contributed by atoms with E-state index >= 15 is 0 Å². The molecule has 0 bridgehead atoms. The van der Waals surface area contributed by atoms with Gasteiger partial charge in [0.15, 0.2) is 0 Å². The van der Waals surface area contributed by atoms with Crippen LogP contribution in [0.15, 0.2) is 6.20 Å². The molecule has 0 aromatic carbocycles. The number of nitrogens with one attached hydrogen (secondary N) is 1. The van der Waals surface area contributed by atoms with E-state index in [-0.39, 0.29) is 0 Å². The molecule has 3 nitrogen and oxygen atoms in total. The Hall–Kier alpha value is -0.830. The second-order valence-corrected chi connectivity index (χ2v) is 4.83. The van der Waals surface area contributed by atoms with Gasteiger partial charge < -0.3 is 9.88 Å². The molecule has 0 saturated heterocycles. The van der Waals surface area contributed by atoms with Crippen molar-refractivity contribution in [3.05, 3.63) is 17.7 Å². The molecule has 0 aliphatic heterocycles. The molecule has 1 N–H and O–H groups in total. The molecule has 1 heterocycles. The second kappa shape index (κ2) is 7.49. The van der Waals surface area contributed by atoms with Crippen LogP contribution in [-0.4, -0.2) is 16.6 Å². The van der Waals surface area contributed by atoms with E-state index in [1.54, 1.807) is 0 Å². The number of hydrogen-bond acceptors (Lipinski definition) is 2. The molecule has 0 radical (unpaired) electrons. The van der Waals surface area contributed by atoms with Crippen LogP contribution in [0.3, 0.4) is 0 Å². The Morgan fingerprint density at radius 1 is 1.29 bits per heavy atom. The molecule has 0 saturated carbocycles. The molecule has 0 amide bonds. The van der Waals surface area contributed by atoms with Crippen molar-refractivity contribution in [3.63, 3.8) is 0 Å². The fraction of sp³-hybridized carbons (Fsp3) is 0.786. The van der Waals surface area contributed by atoms with Gasteiger partial charge in [-0.1, -0.05) is 32.6 Å². The Morgan fingerprint density at radius 3 is 2.65 bits per heavy atom. The van der Waals surface area contributed by atoms with E-state index in [2.05, 4.69) is 41.8 Å². The van der Waals surface area contributed by atoms with Crippen molar-refractivity contribution in [1.29, 1.82) is 0 Å².